The van der Waals surface area contributed by atoms with Gasteiger partial charge in [0.2, 0.25) is 0 Å². The molecule has 0 aliphatic heterocycles. The molecule has 0 N–H and O–H groups in total. The van der Waals surface area contributed by atoms with E-state index < -0.39 is 0 Å². The molecule has 1 unspecified atom stereocenters. The van der Waals surface area contributed by atoms with E-state index in [2.05, 4.69) is 26.2 Å². The molecule has 0 fully saturated rings. The van der Waals surface area contributed by atoms with Crippen LogP contribution in [0.15, 0.2) is 37.0 Å². The Labute approximate surface area is 64.0 Å². The van der Waals surface area contributed by atoms with E-state index in [1.807, 2.05) is 19.1 Å². The van der Waals surface area contributed by atoms with Crippen LogP contribution >= 0.6 is 0 Å². The Morgan fingerprint density at radius 2 is 2.20 bits per heavy atom. The monoisotopic (exact) mass is 136 g/mol. The molecule has 0 radical (unpaired) electrons. The molecule has 0 aliphatic rings. The van der Waals surface area contributed by atoms with E-state index in [0.717, 1.165) is 12.0 Å². The molecular weight excluding hydrogens is 120 g/mol. The van der Waals surface area contributed by atoms with Crippen LogP contribution < -0.4 is 0 Å². The molecule has 0 aliphatic carbocycles. The van der Waals surface area contributed by atoms with Gasteiger partial charge in [-0.15, -0.1) is 6.58 Å². The van der Waals surface area contributed by atoms with Crippen molar-refractivity contribution in [3.8, 4) is 0 Å². The lowest BCUT2D eigenvalue weighted by molar-refractivity contribution is 0.746. The van der Waals surface area contributed by atoms with Gasteiger partial charge in [-0.2, -0.15) is 0 Å². The minimum atomic E-state index is 0.579. The first-order valence-corrected chi connectivity index (χ1v) is 3.61. The number of hydrogen-bond donors (Lipinski definition) is 0. The van der Waals surface area contributed by atoms with E-state index in [9.17, 15) is 0 Å². The van der Waals surface area contributed by atoms with Gasteiger partial charge in [-0.25, -0.2) is 0 Å². The van der Waals surface area contributed by atoms with Crippen molar-refractivity contribution < 1.29 is 0 Å². The molecule has 0 bridgehead atoms. The van der Waals surface area contributed by atoms with Gasteiger partial charge in [0.1, 0.15) is 0 Å². The van der Waals surface area contributed by atoms with E-state index in [1.165, 1.54) is 0 Å². The lowest BCUT2D eigenvalue weighted by Crippen LogP contribution is -1.83. The molecule has 1 atom stereocenters. The highest BCUT2D eigenvalue weighted by Gasteiger charge is 1.88. The zero-order chi connectivity index (χ0) is 7.98. The zero-order valence-electron chi connectivity index (χ0n) is 6.93. The van der Waals surface area contributed by atoms with Crippen LogP contribution in [0.1, 0.15) is 20.3 Å². The molecule has 10 heavy (non-hydrogen) atoms. The molecule has 0 amide bonds. The summed E-state index contributed by atoms with van der Waals surface area (Å²) in [7, 11) is 0. The maximum atomic E-state index is 3.77. The average molecular weight is 136 g/mol. The normalized spacial score (nSPS) is 13.4. The molecule has 0 saturated carbocycles. The summed E-state index contributed by atoms with van der Waals surface area (Å²) in [6.45, 7) is 11.6. The molecule has 0 rings (SSSR count). The van der Waals surface area contributed by atoms with Crippen molar-refractivity contribution in [3.05, 3.63) is 37.0 Å². The van der Waals surface area contributed by atoms with Crippen molar-refractivity contribution in [1.82, 2.24) is 0 Å². The standard InChI is InChI=1S/C10H16/c1-5-10(4)8-6-7-9(2)3/h5-7,10H,1-2,8H2,3-4H3/b7-6-. The van der Waals surface area contributed by atoms with E-state index in [0.29, 0.717) is 5.92 Å². The second kappa shape index (κ2) is 5.04. The molecule has 56 valence electrons. The van der Waals surface area contributed by atoms with Gasteiger partial charge in [-0.05, 0) is 19.3 Å². The summed E-state index contributed by atoms with van der Waals surface area (Å²) in [4.78, 5) is 0. The first-order valence-electron chi connectivity index (χ1n) is 3.61. The van der Waals surface area contributed by atoms with Gasteiger partial charge in [-0.1, -0.05) is 37.3 Å². The van der Waals surface area contributed by atoms with Gasteiger partial charge >= 0.3 is 0 Å². The van der Waals surface area contributed by atoms with Crippen molar-refractivity contribution in [2.75, 3.05) is 0 Å². The van der Waals surface area contributed by atoms with Crippen LogP contribution in [0.2, 0.25) is 0 Å². The summed E-state index contributed by atoms with van der Waals surface area (Å²) in [6.07, 6.45) is 7.20. The lowest BCUT2D eigenvalue weighted by Gasteiger charge is -1.97. The quantitative estimate of drug-likeness (QED) is 0.411. The molecule has 0 heterocycles. The first kappa shape index (κ1) is 9.22. The Morgan fingerprint density at radius 3 is 2.60 bits per heavy atom. The van der Waals surface area contributed by atoms with Crippen LogP contribution in [0.4, 0.5) is 0 Å². The van der Waals surface area contributed by atoms with Crippen LogP contribution in [0.3, 0.4) is 0 Å². The van der Waals surface area contributed by atoms with Crippen LogP contribution in [-0.2, 0) is 0 Å². The molecule has 0 nitrogen and oxygen atoms in total. The number of hydrogen-bond acceptors (Lipinski definition) is 0. The Bertz CT molecular complexity index is 140. The van der Waals surface area contributed by atoms with Crippen molar-refractivity contribution in [1.29, 1.82) is 0 Å². The highest BCUT2D eigenvalue weighted by molar-refractivity contribution is 5.11. The van der Waals surface area contributed by atoms with Gasteiger partial charge in [0.25, 0.3) is 0 Å². The Hall–Kier alpha value is -0.780. The minimum absolute atomic E-state index is 0.579. The summed E-state index contributed by atoms with van der Waals surface area (Å²) in [6, 6.07) is 0. The fraction of sp³-hybridized carbons (Fsp3) is 0.400. The Balaban J connectivity index is 3.52. The highest BCUT2D eigenvalue weighted by atomic mass is 13.9. The van der Waals surface area contributed by atoms with Crippen molar-refractivity contribution in [2.45, 2.75) is 20.3 Å². The fourth-order valence-corrected chi connectivity index (χ4v) is 0.580. The molecule has 0 aromatic heterocycles. The summed E-state index contributed by atoms with van der Waals surface area (Å²) in [5, 5.41) is 0. The van der Waals surface area contributed by atoms with E-state index in [-0.39, 0.29) is 0 Å². The molecule has 0 aromatic carbocycles. The predicted octanol–water partition coefficient (Wildman–Crippen LogP) is 3.33. The predicted molar refractivity (Wildman–Crippen MR) is 47.9 cm³/mol. The lowest BCUT2D eigenvalue weighted by atomic mass is 10.1. The molecule has 0 saturated heterocycles. The van der Waals surface area contributed by atoms with Gasteiger partial charge in [0.15, 0.2) is 0 Å². The smallest absolute Gasteiger partial charge is 0.0230 e. The highest BCUT2D eigenvalue weighted by Crippen LogP contribution is 2.03. The zero-order valence-corrected chi connectivity index (χ0v) is 6.93. The maximum absolute atomic E-state index is 3.77. The third-order valence-corrected chi connectivity index (χ3v) is 1.31. The summed E-state index contributed by atoms with van der Waals surface area (Å²) >= 11 is 0. The maximum Gasteiger partial charge on any atom is -0.0230 e. The second-order valence-electron chi connectivity index (χ2n) is 2.70. The van der Waals surface area contributed by atoms with Gasteiger partial charge in [0.05, 0.1) is 0 Å². The fourth-order valence-electron chi connectivity index (χ4n) is 0.580. The van der Waals surface area contributed by atoms with Crippen molar-refractivity contribution >= 4 is 0 Å². The average Bonchev–Trinajstić information content (AvgIpc) is 1.87. The van der Waals surface area contributed by atoms with Crippen LogP contribution in [0, 0.1) is 5.92 Å². The third kappa shape index (κ3) is 5.36. The molecule has 0 heteroatoms. The molecule has 0 aromatic rings. The van der Waals surface area contributed by atoms with Gasteiger partial charge in [0, 0.05) is 0 Å². The van der Waals surface area contributed by atoms with E-state index in [1.54, 1.807) is 0 Å². The molecular formula is C10H16. The Kier molecular flexibility index (Phi) is 4.65. The van der Waals surface area contributed by atoms with Crippen LogP contribution in [0.5, 0.6) is 0 Å². The Morgan fingerprint density at radius 1 is 1.60 bits per heavy atom. The topological polar surface area (TPSA) is 0 Å². The van der Waals surface area contributed by atoms with Gasteiger partial charge < -0.3 is 0 Å². The third-order valence-electron chi connectivity index (χ3n) is 1.31. The molecule has 0 spiro atoms. The van der Waals surface area contributed by atoms with E-state index in [4.69, 9.17) is 0 Å². The van der Waals surface area contributed by atoms with Crippen molar-refractivity contribution in [2.24, 2.45) is 5.92 Å². The first-order chi connectivity index (χ1) is 4.66. The van der Waals surface area contributed by atoms with Crippen molar-refractivity contribution in [3.63, 3.8) is 0 Å². The second-order valence-corrected chi connectivity index (χ2v) is 2.70. The number of allylic oxidation sites excluding steroid dienone is 4. The largest absolute Gasteiger partial charge is 0.103 e. The van der Waals surface area contributed by atoms with E-state index >= 15 is 0 Å². The SMILES string of the molecule is C=CC(C)C/C=C\C(=C)C. The summed E-state index contributed by atoms with van der Waals surface area (Å²) in [5.74, 6) is 0.579. The number of rotatable bonds is 4. The minimum Gasteiger partial charge on any atom is -0.103 e. The van der Waals surface area contributed by atoms with Crippen LogP contribution in [-0.4, -0.2) is 0 Å². The van der Waals surface area contributed by atoms with Gasteiger partial charge in [-0.3, -0.25) is 0 Å². The summed E-state index contributed by atoms with van der Waals surface area (Å²) < 4.78 is 0. The summed E-state index contributed by atoms with van der Waals surface area (Å²) in [5.41, 5.74) is 1.11. The van der Waals surface area contributed by atoms with Crippen LogP contribution in [0.25, 0.3) is 0 Å².